The third-order valence-corrected chi connectivity index (χ3v) is 3.44. The van der Waals surface area contributed by atoms with Crippen molar-refractivity contribution in [1.29, 1.82) is 0 Å². The molecule has 0 aliphatic carbocycles. The molecule has 118 valence electrons. The highest BCUT2D eigenvalue weighted by atomic mass is 16.2. The van der Waals surface area contributed by atoms with Gasteiger partial charge in [0.15, 0.2) is 5.82 Å². The summed E-state index contributed by atoms with van der Waals surface area (Å²) in [5, 5.41) is 11.1. The molecular weight excluding hydrogens is 296 g/mol. The van der Waals surface area contributed by atoms with Gasteiger partial charge in [-0.15, -0.1) is 5.10 Å². The van der Waals surface area contributed by atoms with Gasteiger partial charge in [0.25, 0.3) is 5.91 Å². The number of nitrogens with two attached hydrogens (primary N) is 1. The molecule has 1 amide bonds. The maximum Gasteiger partial charge on any atom is 0.252 e. The molecule has 8 heteroatoms. The molecule has 2 heterocycles. The molecule has 3 N–H and O–H groups in total. The van der Waals surface area contributed by atoms with E-state index < -0.39 is 0 Å². The van der Waals surface area contributed by atoms with E-state index in [0.29, 0.717) is 17.9 Å². The monoisotopic (exact) mass is 312 g/mol. The lowest BCUT2D eigenvalue weighted by Gasteiger charge is -2.03. The first kappa shape index (κ1) is 14.8. The van der Waals surface area contributed by atoms with Gasteiger partial charge in [0.1, 0.15) is 6.54 Å². The van der Waals surface area contributed by atoms with Crippen LogP contribution in [0.3, 0.4) is 0 Å². The average molecular weight is 312 g/mol. The molecule has 8 nitrogen and oxygen atoms in total. The fourth-order valence-corrected chi connectivity index (χ4v) is 2.29. The van der Waals surface area contributed by atoms with Crippen molar-refractivity contribution in [3.63, 3.8) is 0 Å². The Balaban J connectivity index is 1.80. The number of aromatic nitrogens is 4. The largest absolute Gasteiger partial charge is 0.397 e. The van der Waals surface area contributed by atoms with E-state index in [-0.39, 0.29) is 18.4 Å². The average Bonchev–Trinajstić information content (AvgIpc) is 3.12. The van der Waals surface area contributed by atoms with Gasteiger partial charge in [0.2, 0.25) is 5.91 Å². The molecule has 0 bridgehead atoms. The van der Waals surface area contributed by atoms with Crippen molar-refractivity contribution in [2.45, 2.75) is 19.9 Å². The highest BCUT2D eigenvalue weighted by Gasteiger charge is 2.13. The Bertz CT molecular complexity index is 879. The van der Waals surface area contributed by atoms with Gasteiger partial charge in [-0.25, -0.2) is 4.68 Å². The van der Waals surface area contributed by atoms with E-state index in [2.05, 4.69) is 15.6 Å². The van der Waals surface area contributed by atoms with Crippen molar-refractivity contribution in [2.24, 2.45) is 0 Å². The third-order valence-electron chi connectivity index (χ3n) is 3.44. The molecule has 23 heavy (non-hydrogen) atoms. The van der Waals surface area contributed by atoms with E-state index in [9.17, 15) is 9.59 Å². The molecule has 0 aliphatic heterocycles. The van der Waals surface area contributed by atoms with Crippen molar-refractivity contribution in [2.75, 3.05) is 11.1 Å². The smallest absolute Gasteiger partial charge is 0.252 e. The lowest BCUT2D eigenvalue weighted by molar-refractivity contribution is -0.115. The predicted molar refractivity (Wildman–Crippen MR) is 85.9 cm³/mol. The van der Waals surface area contributed by atoms with Crippen LogP contribution in [0.1, 0.15) is 18.1 Å². The molecule has 0 aliphatic rings. The fourth-order valence-electron chi connectivity index (χ4n) is 2.29. The van der Waals surface area contributed by atoms with Crippen LogP contribution in [0.2, 0.25) is 0 Å². The zero-order valence-corrected chi connectivity index (χ0v) is 12.6. The van der Waals surface area contributed by atoms with E-state index in [0.717, 1.165) is 10.9 Å². The maximum atomic E-state index is 12.5. The highest BCUT2D eigenvalue weighted by molar-refractivity contribution is 5.99. The van der Waals surface area contributed by atoms with E-state index in [1.165, 1.54) is 15.4 Å². The molecule has 0 fully saturated rings. The van der Waals surface area contributed by atoms with Crippen molar-refractivity contribution in [3.8, 4) is 0 Å². The van der Waals surface area contributed by atoms with Crippen molar-refractivity contribution >= 4 is 34.2 Å². The Morgan fingerprint density at radius 2 is 2.04 bits per heavy atom. The second-order valence-electron chi connectivity index (χ2n) is 5.07. The van der Waals surface area contributed by atoms with Gasteiger partial charge in [-0.05, 0) is 6.07 Å². The number of hydrogen-bond acceptors (Lipinski definition) is 5. The summed E-state index contributed by atoms with van der Waals surface area (Å²) >= 11 is 0. The lowest BCUT2D eigenvalue weighted by Crippen LogP contribution is -2.17. The first-order valence-electron chi connectivity index (χ1n) is 7.17. The van der Waals surface area contributed by atoms with E-state index in [1.54, 1.807) is 13.1 Å². The molecule has 3 aromatic rings. The summed E-state index contributed by atoms with van der Waals surface area (Å²) in [6.07, 6.45) is 3.46. The van der Waals surface area contributed by atoms with E-state index >= 15 is 0 Å². The zero-order valence-electron chi connectivity index (χ0n) is 12.6. The molecule has 1 aromatic carbocycles. The number of fused-ring (bicyclic) bond motifs is 1. The van der Waals surface area contributed by atoms with Crippen LogP contribution in [-0.2, 0) is 11.3 Å². The minimum absolute atomic E-state index is 0.00684. The van der Waals surface area contributed by atoms with Crippen LogP contribution in [0.15, 0.2) is 36.7 Å². The first-order chi connectivity index (χ1) is 11.1. The quantitative estimate of drug-likeness (QED) is 0.759. The summed E-state index contributed by atoms with van der Waals surface area (Å²) < 4.78 is 2.87. The first-order valence-corrected chi connectivity index (χ1v) is 7.17. The van der Waals surface area contributed by atoms with Crippen molar-refractivity contribution in [1.82, 2.24) is 19.6 Å². The van der Waals surface area contributed by atoms with Crippen LogP contribution in [0.25, 0.3) is 10.9 Å². The molecular formula is C15H16N6O2. The van der Waals surface area contributed by atoms with Crippen molar-refractivity contribution in [3.05, 3.63) is 36.7 Å². The van der Waals surface area contributed by atoms with E-state index in [4.69, 9.17) is 5.73 Å². The SMILES string of the molecule is CCC(=O)Nc1cn(CC(=O)n2cc(N)c3ccccc32)nn1. The summed E-state index contributed by atoms with van der Waals surface area (Å²) in [6, 6.07) is 7.41. The Morgan fingerprint density at radius 3 is 2.83 bits per heavy atom. The number of para-hydroxylation sites is 1. The fraction of sp³-hybridized carbons (Fsp3) is 0.200. The van der Waals surface area contributed by atoms with Crippen LogP contribution in [0.5, 0.6) is 0 Å². The highest BCUT2D eigenvalue weighted by Crippen LogP contribution is 2.23. The summed E-state index contributed by atoms with van der Waals surface area (Å²) in [7, 11) is 0. The molecule has 0 saturated heterocycles. The van der Waals surface area contributed by atoms with Crippen LogP contribution < -0.4 is 11.1 Å². The van der Waals surface area contributed by atoms with Crippen LogP contribution >= 0.6 is 0 Å². The van der Waals surface area contributed by atoms with Gasteiger partial charge in [0, 0.05) is 18.0 Å². The van der Waals surface area contributed by atoms with Gasteiger partial charge >= 0.3 is 0 Å². The summed E-state index contributed by atoms with van der Waals surface area (Å²) in [5.74, 6) is -0.0368. The number of nitrogen functional groups attached to an aromatic ring is 1. The molecule has 0 unspecified atom stereocenters. The topological polar surface area (TPSA) is 108 Å². The molecule has 0 spiro atoms. The molecule has 0 atom stereocenters. The number of amides is 1. The number of anilines is 2. The van der Waals surface area contributed by atoms with Gasteiger partial charge in [-0.2, -0.15) is 0 Å². The maximum absolute atomic E-state index is 12.5. The minimum Gasteiger partial charge on any atom is -0.397 e. The number of carbonyl (C=O) groups excluding carboxylic acids is 2. The third kappa shape index (κ3) is 2.91. The molecule has 0 saturated carbocycles. The van der Waals surface area contributed by atoms with Crippen LogP contribution in [-0.4, -0.2) is 31.4 Å². The summed E-state index contributed by atoms with van der Waals surface area (Å²) in [5.41, 5.74) is 7.22. The molecule has 0 radical (unpaired) electrons. The number of nitrogens with zero attached hydrogens (tertiary/aromatic N) is 4. The summed E-state index contributed by atoms with van der Waals surface area (Å²) in [6.45, 7) is 1.73. The van der Waals surface area contributed by atoms with Crippen LogP contribution in [0.4, 0.5) is 11.5 Å². The lowest BCUT2D eigenvalue weighted by atomic mass is 10.2. The van der Waals surface area contributed by atoms with Gasteiger partial charge in [0.05, 0.1) is 17.4 Å². The van der Waals surface area contributed by atoms with Gasteiger partial charge in [-0.3, -0.25) is 14.2 Å². The second kappa shape index (κ2) is 5.91. The molecule has 3 rings (SSSR count). The number of nitrogens with one attached hydrogen (secondary N) is 1. The predicted octanol–water partition coefficient (Wildman–Crippen LogP) is 1.50. The minimum atomic E-state index is -0.198. The Labute approximate surface area is 131 Å². The van der Waals surface area contributed by atoms with Crippen LogP contribution in [0, 0.1) is 0 Å². The Kier molecular flexibility index (Phi) is 3.80. The number of benzene rings is 1. The summed E-state index contributed by atoms with van der Waals surface area (Å²) in [4.78, 5) is 23.8. The Hall–Kier alpha value is -3.16. The van der Waals surface area contributed by atoms with Gasteiger partial charge in [-0.1, -0.05) is 30.3 Å². The number of rotatable bonds is 4. The zero-order chi connectivity index (χ0) is 16.4. The number of carbonyl (C=O) groups is 2. The Morgan fingerprint density at radius 1 is 1.26 bits per heavy atom. The molecule has 2 aromatic heterocycles. The number of hydrogen-bond donors (Lipinski definition) is 2. The van der Waals surface area contributed by atoms with Crippen molar-refractivity contribution < 1.29 is 9.59 Å². The van der Waals surface area contributed by atoms with Gasteiger partial charge < -0.3 is 11.1 Å². The van der Waals surface area contributed by atoms with E-state index in [1.807, 2.05) is 24.3 Å². The second-order valence-corrected chi connectivity index (χ2v) is 5.07. The normalized spacial score (nSPS) is 10.8. The standard InChI is InChI=1S/C15H16N6O2/c1-2-14(22)17-13-8-20(19-18-13)9-15(23)21-7-11(16)10-5-3-4-6-12(10)21/h3-8H,2,9,16H2,1H3,(H,17,22).